The van der Waals surface area contributed by atoms with Crippen LogP contribution in [0.5, 0.6) is 0 Å². The number of primary amides is 1. The second-order valence-electron chi connectivity index (χ2n) is 12.4. The van der Waals surface area contributed by atoms with Crippen molar-refractivity contribution in [3.05, 3.63) is 0 Å². The number of carbonyl (C=O) groups is 9. The van der Waals surface area contributed by atoms with Gasteiger partial charge in [-0.05, 0) is 38.0 Å². The van der Waals surface area contributed by atoms with Gasteiger partial charge < -0.3 is 69.9 Å². The highest BCUT2D eigenvalue weighted by Gasteiger charge is 2.39. The first-order chi connectivity index (χ1) is 24.9. The second-order valence-corrected chi connectivity index (χ2v) is 12.4. The SMILES string of the molecule is CC(C)[C@H](N)C(=O)N[C@@H](CCCN=C(N)N)C(=O)N1CCC[C@H]1C(=O)N[C@@H](CCC(N)=O)C(=O)NCC(=O)NCC(=O)NCC(=O)N[C@@H](CO)C(=O)O. The highest BCUT2D eigenvalue weighted by Crippen LogP contribution is 2.20. The molecule has 8 amide bonds. The fraction of sp³-hybridized carbons (Fsp3) is 0.667. The molecule has 0 spiro atoms. The first kappa shape index (κ1) is 45.4. The Bertz CT molecular complexity index is 1370. The number of aliphatic carboxylic acids is 1. The summed E-state index contributed by atoms with van der Waals surface area (Å²) in [4.78, 5) is 117. The number of amides is 8. The minimum absolute atomic E-state index is 0.123. The second kappa shape index (κ2) is 23.1. The number of aliphatic imine (C=N–C) groups is 1. The predicted octanol–water partition coefficient (Wildman–Crippen LogP) is -6.84. The molecule has 298 valence electrons. The fourth-order valence-corrected chi connectivity index (χ4v) is 4.86. The number of aliphatic hydroxyl groups is 1. The molecule has 23 heteroatoms. The van der Waals surface area contributed by atoms with E-state index in [1.54, 1.807) is 13.8 Å². The zero-order valence-electron chi connectivity index (χ0n) is 29.7. The van der Waals surface area contributed by atoms with Gasteiger partial charge in [-0.3, -0.25) is 43.3 Å². The van der Waals surface area contributed by atoms with Gasteiger partial charge in [0.2, 0.25) is 47.3 Å². The lowest BCUT2D eigenvalue weighted by molar-refractivity contribution is -0.142. The molecule has 0 unspecified atom stereocenters. The Kier molecular flexibility index (Phi) is 19.8. The summed E-state index contributed by atoms with van der Waals surface area (Å²) < 4.78 is 0. The quantitative estimate of drug-likeness (QED) is 0.0262. The first-order valence-electron chi connectivity index (χ1n) is 16.8. The number of nitrogens with two attached hydrogens (primary N) is 4. The number of hydrogen-bond acceptors (Lipinski definition) is 12. The number of carboxylic acid groups (broad SMARTS) is 1. The van der Waals surface area contributed by atoms with E-state index < -0.39 is 110 Å². The molecule has 0 aromatic rings. The zero-order chi connectivity index (χ0) is 40.2. The van der Waals surface area contributed by atoms with Gasteiger partial charge in [0.15, 0.2) is 5.96 Å². The molecular formula is C30H52N12O11. The Morgan fingerprint density at radius 3 is 1.94 bits per heavy atom. The molecule has 1 aliphatic heterocycles. The third kappa shape index (κ3) is 17.0. The van der Waals surface area contributed by atoms with E-state index in [9.17, 15) is 43.2 Å². The molecule has 23 nitrogen and oxygen atoms in total. The third-order valence-electron chi connectivity index (χ3n) is 7.86. The van der Waals surface area contributed by atoms with Crippen LogP contribution in [0.25, 0.3) is 0 Å². The minimum atomic E-state index is -1.57. The van der Waals surface area contributed by atoms with E-state index in [-0.39, 0.29) is 50.7 Å². The van der Waals surface area contributed by atoms with E-state index in [4.69, 9.17) is 33.1 Å². The van der Waals surface area contributed by atoms with Crippen molar-refractivity contribution >= 4 is 59.2 Å². The third-order valence-corrected chi connectivity index (χ3v) is 7.86. The zero-order valence-corrected chi connectivity index (χ0v) is 29.7. The summed E-state index contributed by atoms with van der Waals surface area (Å²) in [5, 5.41) is 31.5. The predicted molar refractivity (Wildman–Crippen MR) is 185 cm³/mol. The lowest BCUT2D eigenvalue weighted by atomic mass is 10.0. The number of hydrogen-bond donors (Lipinski definition) is 12. The van der Waals surface area contributed by atoms with Gasteiger partial charge in [-0.25, -0.2) is 4.79 Å². The standard InChI is InChI=1S/C30H52N12O11/c1-15(2)24(32)27(50)41-17(5-3-9-35-30(33)34)28(51)42-10-4-6-19(42)26(49)40-16(7-8-20(31)44)25(48)38-12-22(46)36-11-21(45)37-13-23(47)39-18(14-43)29(52)53/h15-19,24,43H,3-14,32H2,1-2H3,(H2,31,44)(H,36,46)(H,37,45)(H,38,48)(H,39,47)(H,40,49)(H,41,50)(H,52,53)(H4,33,34,35)/t16-,17-,18-,19-,24-/m0/s1. The summed E-state index contributed by atoms with van der Waals surface area (Å²) in [5.74, 6) is -7.97. The molecule has 0 bridgehead atoms. The van der Waals surface area contributed by atoms with E-state index in [0.717, 1.165) is 0 Å². The van der Waals surface area contributed by atoms with Crippen molar-refractivity contribution < 1.29 is 53.4 Å². The molecule has 1 rings (SSSR count). The van der Waals surface area contributed by atoms with Crippen LogP contribution in [0.2, 0.25) is 0 Å². The lowest BCUT2D eigenvalue weighted by Gasteiger charge is -2.30. The molecule has 1 aliphatic rings. The van der Waals surface area contributed by atoms with E-state index in [0.29, 0.717) is 12.8 Å². The number of carbonyl (C=O) groups excluding carboxylic acids is 8. The largest absolute Gasteiger partial charge is 0.480 e. The van der Waals surface area contributed by atoms with Crippen LogP contribution in [0.1, 0.15) is 52.4 Å². The highest BCUT2D eigenvalue weighted by atomic mass is 16.4. The van der Waals surface area contributed by atoms with Gasteiger partial charge in [-0.2, -0.15) is 0 Å². The summed E-state index contributed by atoms with van der Waals surface area (Å²) in [6, 6.07) is -5.97. The van der Waals surface area contributed by atoms with Gasteiger partial charge in [0.1, 0.15) is 24.2 Å². The molecule has 0 aromatic carbocycles. The normalized spacial score (nSPS) is 15.9. The monoisotopic (exact) mass is 756 g/mol. The van der Waals surface area contributed by atoms with Crippen molar-refractivity contribution in [1.82, 2.24) is 36.8 Å². The number of nitrogens with zero attached hydrogens (tertiary/aromatic N) is 2. The first-order valence-corrected chi connectivity index (χ1v) is 16.8. The fourth-order valence-electron chi connectivity index (χ4n) is 4.86. The molecule has 0 aliphatic carbocycles. The van der Waals surface area contributed by atoms with E-state index in [1.165, 1.54) is 4.90 Å². The van der Waals surface area contributed by atoms with Crippen LogP contribution in [-0.2, 0) is 43.2 Å². The maximum atomic E-state index is 13.7. The maximum absolute atomic E-state index is 13.7. The molecule has 16 N–H and O–H groups in total. The van der Waals surface area contributed by atoms with Crippen LogP contribution in [0.4, 0.5) is 0 Å². The molecule has 53 heavy (non-hydrogen) atoms. The maximum Gasteiger partial charge on any atom is 0.328 e. The van der Waals surface area contributed by atoms with Crippen LogP contribution >= 0.6 is 0 Å². The Labute approximate surface area is 305 Å². The average molecular weight is 757 g/mol. The van der Waals surface area contributed by atoms with Crippen LogP contribution in [-0.4, -0.2) is 144 Å². The summed E-state index contributed by atoms with van der Waals surface area (Å²) in [5.41, 5.74) is 22.0. The Hall–Kier alpha value is -5.58. The van der Waals surface area contributed by atoms with Crippen molar-refractivity contribution in [2.24, 2.45) is 33.8 Å². The van der Waals surface area contributed by atoms with Crippen LogP contribution in [0.15, 0.2) is 4.99 Å². The Morgan fingerprint density at radius 2 is 1.40 bits per heavy atom. The van der Waals surface area contributed by atoms with E-state index in [2.05, 4.69) is 31.6 Å². The molecule has 0 saturated carbocycles. The minimum Gasteiger partial charge on any atom is -0.480 e. The Balaban J connectivity index is 2.88. The molecule has 1 heterocycles. The molecular weight excluding hydrogens is 704 g/mol. The Morgan fingerprint density at radius 1 is 0.792 bits per heavy atom. The lowest BCUT2D eigenvalue weighted by Crippen LogP contribution is -2.58. The number of carboxylic acids is 1. The van der Waals surface area contributed by atoms with Crippen molar-refractivity contribution in [2.45, 2.75) is 82.6 Å². The van der Waals surface area contributed by atoms with Crippen LogP contribution < -0.4 is 54.8 Å². The smallest absolute Gasteiger partial charge is 0.328 e. The molecule has 1 fully saturated rings. The topological polar surface area (TPSA) is 386 Å². The van der Waals surface area contributed by atoms with Gasteiger partial charge in [-0.15, -0.1) is 0 Å². The average Bonchev–Trinajstić information content (AvgIpc) is 3.59. The van der Waals surface area contributed by atoms with Gasteiger partial charge >= 0.3 is 5.97 Å². The van der Waals surface area contributed by atoms with Gasteiger partial charge in [0.25, 0.3) is 0 Å². The summed E-state index contributed by atoms with van der Waals surface area (Å²) in [6.07, 6.45) is 0.493. The van der Waals surface area contributed by atoms with Crippen molar-refractivity contribution in [1.29, 1.82) is 0 Å². The molecule has 0 radical (unpaired) electrons. The molecule has 1 saturated heterocycles. The molecule has 0 aromatic heterocycles. The van der Waals surface area contributed by atoms with E-state index >= 15 is 0 Å². The number of nitrogens with one attached hydrogen (secondary N) is 6. The highest BCUT2D eigenvalue weighted by molar-refractivity contribution is 5.96. The van der Waals surface area contributed by atoms with E-state index in [1.807, 2.05) is 5.32 Å². The number of aliphatic hydroxyl groups excluding tert-OH is 1. The van der Waals surface area contributed by atoms with Gasteiger partial charge in [0.05, 0.1) is 32.3 Å². The molecule has 5 atom stereocenters. The van der Waals surface area contributed by atoms with Crippen molar-refractivity contribution in [2.75, 3.05) is 39.3 Å². The summed E-state index contributed by atoms with van der Waals surface area (Å²) >= 11 is 0. The number of likely N-dealkylation sites (tertiary alicyclic amines) is 1. The summed E-state index contributed by atoms with van der Waals surface area (Å²) in [6.45, 7) is 0.998. The van der Waals surface area contributed by atoms with Gasteiger partial charge in [0, 0.05) is 19.5 Å². The summed E-state index contributed by atoms with van der Waals surface area (Å²) in [7, 11) is 0. The number of rotatable bonds is 23. The number of guanidine groups is 1. The van der Waals surface area contributed by atoms with Crippen LogP contribution in [0, 0.1) is 5.92 Å². The van der Waals surface area contributed by atoms with Gasteiger partial charge in [-0.1, -0.05) is 13.8 Å². The van der Waals surface area contributed by atoms with Crippen molar-refractivity contribution in [3.63, 3.8) is 0 Å². The van der Waals surface area contributed by atoms with Crippen molar-refractivity contribution in [3.8, 4) is 0 Å². The van der Waals surface area contributed by atoms with Crippen LogP contribution in [0.3, 0.4) is 0 Å².